The van der Waals surface area contributed by atoms with Gasteiger partial charge in [0.25, 0.3) is 0 Å². The zero-order valence-electron chi connectivity index (χ0n) is 13.8. The highest BCUT2D eigenvalue weighted by atomic mass is 16.2. The monoisotopic (exact) mass is 288 g/mol. The van der Waals surface area contributed by atoms with E-state index in [1.165, 1.54) is 36.0 Å². The summed E-state index contributed by atoms with van der Waals surface area (Å²) in [5.41, 5.74) is 3.73. The van der Waals surface area contributed by atoms with E-state index in [1.54, 1.807) is 0 Å². The second kappa shape index (κ2) is 7.08. The van der Waals surface area contributed by atoms with Crippen LogP contribution in [0.4, 0.5) is 0 Å². The average Bonchev–Trinajstić information content (AvgIpc) is 2.83. The van der Waals surface area contributed by atoms with Crippen LogP contribution in [-0.4, -0.2) is 23.4 Å². The third-order valence-corrected chi connectivity index (χ3v) is 4.44. The Balaban J connectivity index is 2.18. The molecule has 1 N–H and O–H groups in total. The fourth-order valence-corrected chi connectivity index (χ4v) is 3.16. The predicted octanol–water partition coefficient (Wildman–Crippen LogP) is 3.70. The molecule has 1 saturated heterocycles. The number of amides is 1. The van der Waals surface area contributed by atoms with Gasteiger partial charge >= 0.3 is 0 Å². The molecule has 116 valence electrons. The highest BCUT2D eigenvalue weighted by molar-refractivity contribution is 5.81. The van der Waals surface area contributed by atoms with Gasteiger partial charge in [-0.15, -0.1) is 0 Å². The molecule has 0 radical (unpaired) electrons. The summed E-state index contributed by atoms with van der Waals surface area (Å²) in [6.45, 7) is 9.08. The molecule has 0 aromatic heterocycles. The predicted molar refractivity (Wildman–Crippen MR) is 87.1 cm³/mol. The first-order valence-electron chi connectivity index (χ1n) is 8.16. The SMILES string of the molecule is CCCCCC(C)N1C(=O)CNC1c1cc(C)ccc1C. The van der Waals surface area contributed by atoms with Crippen LogP contribution >= 0.6 is 0 Å². The van der Waals surface area contributed by atoms with Gasteiger partial charge in [-0.2, -0.15) is 0 Å². The van der Waals surface area contributed by atoms with Gasteiger partial charge < -0.3 is 4.90 Å². The summed E-state index contributed by atoms with van der Waals surface area (Å²) in [7, 11) is 0. The van der Waals surface area contributed by atoms with Crippen LogP contribution in [0.1, 0.15) is 62.4 Å². The number of benzene rings is 1. The third kappa shape index (κ3) is 3.65. The van der Waals surface area contributed by atoms with E-state index in [-0.39, 0.29) is 12.1 Å². The quantitative estimate of drug-likeness (QED) is 0.809. The molecule has 0 bridgehead atoms. The Hall–Kier alpha value is -1.35. The lowest BCUT2D eigenvalue weighted by molar-refractivity contribution is -0.130. The molecule has 3 heteroatoms. The van der Waals surface area contributed by atoms with Crippen molar-refractivity contribution in [1.82, 2.24) is 10.2 Å². The van der Waals surface area contributed by atoms with Gasteiger partial charge in [0.2, 0.25) is 5.91 Å². The molecule has 21 heavy (non-hydrogen) atoms. The lowest BCUT2D eigenvalue weighted by Gasteiger charge is -2.31. The second-order valence-corrected chi connectivity index (χ2v) is 6.29. The molecule has 1 fully saturated rings. The molecule has 1 aromatic carbocycles. The molecule has 1 heterocycles. The summed E-state index contributed by atoms with van der Waals surface area (Å²) < 4.78 is 0. The molecule has 3 nitrogen and oxygen atoms in total. The van der Waals surface area contributed by atoms with Gasteiger partial charge in [0, 0.05) is 6.04 Å². The summed E-state index contributed by atoms with van der Waals surface area (Å²) in [6, 6.07) is 6.78. The van der Waals surface area contributed by atoms with E-state index in [0.29, 0.717) is 12.6 Å². The van der Waals surface area contributed by atoms with Crippen molar-refractivity contribution >= 4 is 5.91 Å². The van der Waals surface area contributed by atoms with Gasteiger partial charge in [0.1, 0.15) is 6.17 Å². The number of hydrogen-bond donors (Lipinski definition) is 1. The van der Waals surface area contributed by atoms with E-state index < -0.39 is 0 Å². The number of carbonyl (C=O) groups is 1. The highest BCUT2D eigenvalue weighted by Crippen LogP contribution is 2.29. The van der Waals surface area contributed by atoms with E-state index in [1.807, 2.05) is 0 Å². The third-order valence-electron chi connectivity index (χ3n) is 4.44. The van der Waals surface area contributed by atoms with Gasteiger partial charge in [-0.25, -0.2) is 0 Å². The number of nitrogens with zero attached hydrogens (tertiary/aromatic N) is 1. The number of aryl methyl sites for hydroxylation is 2. The largest absolute Gasteiger partial charge is 0.319 e. The van der Waals surface area contributed by atoms with Crippen molar-refractivity contribution in [2.75, 3.05) is 6.54 Å². The molecule has 1 aliphatic heterocycles. The smallest absolute Gasteiger partial charge is 0.238 e. The molecule has 1 amide bonds. The van der Waals surface area contributed by atoms with Crippen molar-refractivity contribution in [3.63, 3.8) is 0 Å². The molecule has 0 spiro atoms. The molecular formula is C18H28N2O. The van der Waals surface area contributed by atoms with Crippen LogP contribution < -0.4 is 5.32 Å². The van der Waals surface area contributed by atoms with Crippen molar-refractivity contribution in [2.45, 2.75) is 65.6 Å². The molecule has 1 aromatic rings. The van der Waals surface area contributed by atoms with E-state index in [0.717, 1.165) is 6.42 Å². The Morgan fingerprint density at radius 2 is 2.10 bits per heavy atom. The number of unbranched alkanes of at least 4 members (excludes halogenated alkanes) is 2. The molecular weight excluding hydrogens is 260 g/mol. The van der Waals surface area contributed by atoms with Gasteiger partial charge in [-0.05, 0) is 38.3 Å². The lowest BCUT2D eigenvalue weighted by Crippen LogP contribution is -2.38. The van der Waals surface area contributed by atoms with Gasteiger partial charge in [0.05, 0.1) is 6.54 Å². The van der Waals surface area contributed by atoms with E-state index in [2.05, 4.69) is 56.1 Å². The summed E-state index contributed by atoms with van der Waals surface area (Å²) in [5, 5.41) is 3.39. The van der Waals surface area contributed by atoms with Crippen molar-refractivity contribution in [1.29, 1.82) is 0 Å². The van der Waals surface area contributed by atoms with E-state index in [9.17, 15) is 4.79 Å². The maximum atomic E-state index is 12.3. The number of rotatable bonds is 6. The number of nitrogens with one attached hydrogen (secondary N) is 1. The molecule has 1 aliphatic rings. The fourth-order valence-electron chi connectivity index (χ4n) is 3.16. The molecule has 0 aliphatic carbocycles. The maximum Gasteiger partial charge on any atom is 0.238 e. The number of carbonyl (C=O) groups excluding carboxylic acids is 1. The minimum atomic E-state index is 0.0361. The summed E-state index contributed by atoms with van der Waals surface area (Å²) in [6.07, 6.45) is 4.78. The Labute approximate surface area is 128 Å². The van der Waals surface area contributed by atoms with Gasteiger partial charge in [-0.3, -0.25) is 10.1 Å². The first kappa shape index (κ1) is 16.0. The minimum absolute atomic E-state index is 0.0361. The standard InChI is InChI=1S/C18H28N2O/c1-5-6-7-8-15(4)20-17(21)12-19-18(20)16-11-13(2)9-10-14(16)3/h9-11,15,18-19H,5-8,12H2,1-4H3. The molecule has 0 saturated carbocycles. The van der Waals surface area contributed by atoms with Gasteiger partial charge in [-0.1, -0.05) is 49.9 Å². The minimum Gasteiger partial charge on any atom is -0.319 e. The van der Waals surface area contributed by atoms with Crippen molar-refractivity contribution in [3.05, 3.63) is 34.9 Å². The molecule has 2 rings (SSSR count). The van der Waals surface area contributed by atoms with Crippen LogP contribution in [0, 0.1) is 13.8 Å². The first-order chi connectivity index (χ1) is 10.0. The fraction of sp³-hybridized carbons (Fsp3) is 0.611. The average molecular weight is 288 g/mol. The zero-order chi connectivity index (χ0) is 15.4. The van der Waals surface area contributed by atoms with Crippen LogP contribution in [0.15, 0.2) is 18.2 Å². The van der Waals surface area contributed by atoms with E-state index in [4.69, 9.17) is 0 Å². The van der Waals surface area contributed by atoms with Crippen LogP contribution in [0.5, 0.6) is 0 Å². The highest BCUT2D eigenvalue weighted by Gasteiger charge is 2.35. The van der Waals surface area contributed by atoms with Gasteiger partial charge in [0.15, 0.2) is 0 Å². The Morgan fingerprint density at radius 1 is 1.33 bits per heavy atom. The second-order valence-electron chi connectivity index (χ2n) is 6.29. The Morgan fingerprint density at radius 3 is 2.81 bits per heavy atom. The lowest BCUT2D eigenvalue weighted by atomic mass is 10.0. The Bertz CT molecular complexity index is 498. The normalized spacial score (nSPS) is 20.1. The summed E-state index contributed by atoms with van der Waals surface area (Å²) >= 11 is 0. The first-order valence-corrected chi connectivity index (χ1v) is 8.16. The topological polar surface area (TPSA) is 32.3 Å². The maximum absolute atomic E-state index is 12.3. The van der Waals surface area contributed by atoms with Crippen molar-refractivity contribution in [2.24, 2.45) is 0 Å². The summed E-state index contributed by atoms with van der Waals surface area (Å²) in [5.74, 6) is 0.227. The molecule has 2 atom stereocenters. The summed E-state index contributed by atoms with van der Waals surface area (Å²) in [4.78, 5) is 14.3. The van der Waals surface area contributed by atoms with Crippen LogP contribution in [0.2, 0.25) is 0 Å². The van der Waals surface area contributed by atoms with Crippen LogP contribution in [0.3, 0.4) is 0 Å². The zero-order valence-corrected chi connectivity index (χ0v) is 13.8. The number of hydrogen-bond acceptors (Lipinski definition) is 2. The van der Waals surface area contributed by atoms with Crippen LogP contribution in [-0.2, 0) is 4.79 Å². The van der Waals surface area contributed by atoms with Crippen molar-refractivity contribution < 1.29 is 4.79 Å². The Kier molecular flexibility index (Phi) is 5.40. The van der Waals surface area contributed by atoms with Crippen LogP contribution in [0.25, 0.3) is 0 Å². The van der Waals surface area contributed by atoms with E-state index >= 15 is 0 Å². The molecule has 2 unspecified atom stereocenters. The van der Waals surface area contributed by atoms with Crippen molar-refractivity contribution in [3.8, 4) is 0 Å².